The molecule has 5 nitrogen and oxygen atoms in total. The summed E-state index contributed by atoms with van der Waals surface area (Å²) in [6.07, 6.45) is 5.38. The van der Waals surface area contributed by atoms with Crippen LogP contribution in [0, 0.1) is 12.8 Å². The number of hydrogen-bond acceptors (Lipinski definition) is 4. The second kappa shape index (κ2) is 6.61. The third kappa shape index (κ3) is 3.58. The summed E-state index contributed by atoms with van der Waals surface area (Å²) >= 11 is 1.63. The molecule has 0 radical (unpaired) electrons. The van der Waals surface area contributed by atoms with Crippen LogP contribution in [-0.4, -0.2) is 29.1 Å². The lowest BCUT2D eigenvalue weighted by Gasteiger charge is -2.20. The number of nitrogens with one attached hydrogen (secondary N) is 2. The molecular formula is C17H24N2O3S. The van der Waals surface area contributed by atoms with Crippen LogP contribution in [0.3, 0.4) is 0 Å². The van der Waals surface area contributed by atoms with Gasteiger partial charge in [-0.15, -0.1) is 11.3 Å². The number of aliphatic hydroxyl groups is 1. The zero-order valence-corrected chi connectivity index (χ0v) is 14.5. The van der Waals surface area contributed by atoms with Crippen LogP contribution in [0.1, 0.15) is 48.6 Å². The summed E-state index contributed by atoms with van der Waals surface area (Å²) in [4.78, 5) is 25.8. The van der Waals surface area contributed by atoms with Crippen LogP contribution < -0.4 is 10.6 Å². The maximum atomic E-state index is 12.5. The molecule has 3 rings (SSSR count). The maximum absolute atomic E-state index is 12.5. The van der Waals surface area contributed by atoms with Crippen molar-refractivity contribution in [1.82, 2.24) is 5.32 Å². The lowest BCUT2D eigenvalue weighted by Crippen LogP contribution is -2.50. The van der Waals surface area contributed by atoms with Gasteiger partial charge in [0.25, 0.3) is 0 Å². The number of hydrogen-bond donors (Lipinski definition) is 3. The Kier molecular flexibility index (Phi) is 4.73. The van der Waals surface area contributed by atoms with Crippen LogP contribution in [0.5, 0.6) is 0 Å². The third-order valence-electron chi connectivity index (χ3n) is 4.68. The van der Waals surface area contributed by atoms with Crippen molar-refractivity contribution in [1.29, 1.82) is 0 Å². The fraction of sp³-hybridized carbons (Fsp3) is 0.647. The van der Waals surface area contributed by atoms with E-state index < -0.39 is 12.1 Å². The molecule has 1 heterocycles. The van der Waals surface area contributed by atoms with Crippen molar-refractivity contribution in [3.8, 4) is 0 Å². The first-order chi connectivity index (χ1) is 11.0. The van der Waals surface area contributed by atoms with Gasteiger partial charge in [-0.05, 0) is 63.5 Å². The van der Waals surface area contributed by atoms with E-state index in [0.717, 1.165) is 36.2 Å². The zero-order chi connectivity index (χ0) is 16.6. The fourth-order valence-corrected chi connectivity index (χ4v) is 4.35. The summed E-state index contributed by atoms with van der Waals surface area (Å²) in [5.41, 5.74) is 2.50. The van der Waals surface area contributed by atoms with Gasteiger partial charge >= 0.3 is 0 Å². The molecule has 126 valence electrons. The predicted octanol–water partition coefficient (Wildman–Crippen LogP) is 2.15. The first-order valence-electron chi connectivity index (χ1n) is 8.38. The van der Waals surface area contributed by atoms with E-state index in [4.69, 9.17) is 0 Å². The molecule has 2 aliphatic rings. The molecule has 2 unspecified atom stereocenters. The summed E-state index contributed by atoms with van der Waals surface area (Å²) in [5, 5.41) is 16.3. The van der Waals surface area contributed by atoms with Crippen LogP contribution in [0.15, 0.2) is 0 Å². The SMILES string of the molecule is Cc1c(NC(=O)C(NC(=O)C2CC2)C(C)O)sc2c1CCCC2. The largest absolute Gasteiger partial charge is 0.391 e. The molecule has 1 aromatic heterocycles. The number of carbonyl (C=O) groups is 2. The average Bonchev–Trinajstić information content (AvgIpc) is 3.31. The van der Waals surface area contributed by atoms with E-state index in [-0.39, 0.29) is 17.7 Å². The number of carbonyl (C=O) groups excluding carboxylic acids is 2. The van der Waals surface area contributed by atoms with Gasteiger partial charge in [-0.1, -0.05) is 0 Å². The molecule has 2 atom stereocenters. The van der Waals surface area contributed by atoms with Gasteiger partial charge in [-0.25, -0.2) is 0 Å². The van der Waals surface area contributed by atoms with Gasteiger partial charge in [-0.3, -0.25) is 9.59 Å². The lowest BCUT2D eigenvalue weighted by molar-refractivity contribution is -0.129. The van der Waals surface area contributed by atoms with E-state index in [2.05, 4.69) is 10.6 Å². The summed E-state index contributed by atoms with van der Waals surface area (Å²) in [6.45, 7) is 3.57. The van der Waals surface area contributed by atoms with Gasteiger partial charge < -0.3 is 15.7 Å². The minimum atomic E-state index is -0.924. The van der Waals surface area contributed by atoms with Crippen LogP contribution in [0.25, 0.3) is 0 Å². The molecule has 0 bridgehead atoms. The molecule has 1 fully saturated rings. The van der Waals surface area contributed by atoms with Gasteiger partial charge in [0.05, 0.1) is 11.1 Å². The molecular weight excluding hydrogens is 312 g/mol. The Bertz CT molecular complexity index is 620. The zero-order valence-electron chi connectivity index (χ0n) is 13.6. The highest BCUT2D eigenvalue weighted by molar-refractivity contribution is 7.16. The van der Waals surface area contributed by atoms with E-state index in [1.165, 1.54) is 30.2 Å². The van der Waals surface area contributed by atoms with Crippen molar-refractivity contribution in [2.75, 3.05) is 5.32 Å². The van der Waals surface area contributed by atoms with Gasteiger partial charge in [0, 0.05) is 10.8 Å². The smallest absolute Gasteiger partial charge is 0.250 e. The van der Waals surface area contributed by atoms with Crippen molar-refractivity contribution < 1.29 is 14.7 Å². The van der Waals surface area contributed by atoms with E-state index in [1.807, 2.05) is 6.92 Å². The molecule has 0 aliphatic heterocycles. The van der Waals surface area contributed by atoms with Crippen LogP contribution in [-0.2, 0) is 22.4 Å². The molecule has 0 spiro atoms. The Morgan fingerprint density at radius 2 is 1.96 bits per heavy atom. The van der Waals surface area contributed by atoms with Gasteiger partial charge in [0.15, 0.2) is 0 Å². The Hall–Kier alpha value is -1.40. The van der Waals surface area contributed by atoms with E-state index in [9.17, 15) is 14.7 Å². The number of aryl methyl sites for hydroxylation is 1. The second-order valence-electron chi connectivity index (χ2n) is 6.66. The highest BCUT2D eigenvalue weighted by Gasteiger charge is 2.34. The minimum absolute atomic E-state index is 0.0137. The average molecular weight is 336 g/mol. The quantitative estimate of drug-likeness (QED) is 0.771. The molecule has 3 N–H and O–H groups in total. The lowest BCUT2D eigenvalue weighted by atomic mass is 9.96. The Morgan fingerprint density at radius 1 is 1.26 bits per heavy atom. The number of fused-ring (bicyclic) bond motifs is 1. The van der Waals surface area contributed by atoms with Gasteiger partial charge in [0.1, 0.15) is 6.04 Å². The van der Waals surface area contributed by atoms with Gasteiger partial charge in [0.2, 0.25) is 11.8 Å². The van der Waals surface area contributed by atoms with E-state index in [0.29, 0.717) is 0 Å². The van der Waals surface area contributed by atoms with Crippen molar-refractivity contribution in [3.63, 3.8) is 0 Å². The fourth-order valence-electron chi connectivity index (χ4n) is 3.05. The third-order valence-corrected chi connectivity index (χ3v) is 5.99. The predicted molar refractivity (Wildman–Crippen MR) is 90.7 cm³/mol. The standard InChI is InChI=1S/C17H24N2O3S/c1-9-12-5-3-4-6-13(12)23-17(9)19-16(22)14(10(2)20)18-15(21)11-7-8-11/h10-11,14,20H,3-8H2,1-2H3,(H,18,21)(H,19,22). The highest BCUT2D eigenvalue weighted by atomic mass is 32.1. The second-order valence-corrected chi connectivity index (χ2v) is 7.76. The van der Waals surface area contributed by atoms with Crippen LogP contribution in [0.4, 0.5) is 5.00 Å². The molecule has 1 aromatic rings. The Balaban J connectivity index is 1.71. The number of thiophene rings is 1. The highest BCUT2D eigenvalue weighted by Crippen LogP contribution is 2.37. The first-order valence-corrected chi connectivity index (χ1v) is 9.19. The number of amides is 2. The topological polar surface area (TPSA) is 78.4 Å². The molecule has 1 saturated carbocycles. The van der Waals surface area contributed by atoms with E-state index in [1.54, 1.807) is 11.3 Å². The molecule has 23 heavy (non-hydrogen) atoms. The molecule has 6 heteroatoms. The number of rotatable bonds is 5. The summed E-state index contributed by atoms with van der Waals surface area (Å²) in [6, 6.07) is -0.901. The van der Waals surface area contributed by atoms with Crippen LogP contribution in [0.2, 0.25) is 0 Å². The van der Waals surface area contributed by atoms with Crippen molar-refractivity contribution >= 4 is 28.2 Å². The molecule has 0 aromatic carbocycles. The minimum Gasteiger partial charge on any atom is -0.391 e. The monoisotopic (exact) mass is 336 g/mol. The number of aliphatic hydroxyl groups excluding tert-OH is 1. The van der Waals surface area contributed by atoms with Gasteiger partial charge in [-0.2, -0.15) is 0 Å². The molecule has 2 amide bonds. The summed E-state index contributed by atoms with van der Waals surface area (Å²) in [7, 11) is 0. The summed E-state index contributed by atoms with van der Waals surface area (Å²) in [5.74, 6) is -0.455. The molecule has 0 saturated heterocycles. The van der Waals surface area contributed by atoms with Crippen LogP contribution >= 0.6 is 11.3 Å². The van der Waals surface area contributed by atoms with Crippen molar-refractivity contribution in [2.45, 2.75) is 64.5 Å². The Labute approximate surface area is 140 Å². The maximum Gasteiger partial charge on any atom is 0.250 e. The normalized spacial score (nSPS) is 19.6. The number of anilines is 1. The first kappa shape index (κ1) is 16.5. The van der Waals surface area contributed by atoms with Crippen molar-refractivity contribution in [2.24, 2.45) is 5.92 Å². The molecule has 2 aliphatic carbocycles. The summed E-state index contributed by atoms with van der Waals surface area (Å²) < 4.78 is 0. The Morgan fingerprint density at radius 3 is 2.57 bits per heavy atom. The van der Waals surface area contributed by atoms with Crippen molar-refractivity contribution in [3.05, 3.63) is 16.0 Å². The van der Waals surface area contributed by atoms with E-state index >= 15 is 0 Å².